The molecule has 0 atom stereocenters. The molecule has 0 saturated carbocycles. The summed E-state index contributed by atoms with van der Waals surface area (Å²) in [6.45, 7) is -0.347. The van der Waals surface area contributed by atoms with E-state index in [0.717, 1.165) is 0 Å². The Morgan fingerprint density at radius 1 is 1.50 bits per heavy atom. The largest absolute Gasteiger partial charge is 0.325 e. The van der Waals surface area contributed by atoms with Gasteiger partial charge in [0.25, 0.3) is 6.43 Å². The van der Waals surface area contributed by atoms with Crippen molar-refractivity contribution in [1.82, 2.24) is 14.5 Å². The topological polar surface area (TPSA) is 30.7 Å². The first-order valence-corrected chi connectivity index (χ1v) is 4.71. The molecule has 14 heavy (non-hydrogen) atoms. The van der Waals surface area contributed by atoms with Gasteiger partial charge in [-0.25, -0.2) is 18.7 Å². The van der Waals surface area contributed by atoms with Crippen LogP contribution < -0.4 is 0 Å². The van der Waals surface area contributed by atoms with Gasteiger partial charge in [0.05, 0.1) is 12.7 Å². The molecule has 74 valence electrons. The first-order chi connectivity index (χ1) is 6.66. The molecule has 0 aliphatic carbocycles. The van der Waals surface area contributed by atoms with Crippen molar-refractivity contribution in [3.63, 3.8) is 0 Å². The highest BCUT2D eigenvalue weighted by molar-refractivity contribution is 9.10. The maximum Gasteiger partial charge on any atom is 0.256 e. The van der Waals surface area contributed by atoms with Crippen LogP contribution >= 0.6 is 15.9 Å². The maximum absolute atomic E-state index is 12.1. The van der Waals surface area contributed by atoms with Gasteiger partial charge in [-0.05, 0) is 22.0 Å². The van der Waals surface area contributed by atoms with Crippen LogP contribution in [0.4, 0.5) is 8.78 Å². The number of hydrogen-bond donors (Lipinski definition) is 0. The van der Waals surface area contributed by atoms with Crippen LogP contribution in [0.25, 0.3) is 11.2 Å². The van der Waals surface area contributed by atoms with Gasteiger partial charge >= 0.3 is 0 Å². The lowest BCUT2D eigenvalue weighted by Gasteiger charge is -2.02. The third kappa shape index (κ3) is 1.75. The molecule has 2 rings (SSSR count). The Hall–Kier alpha value is -1.04. The van der Waals surface area contributed by atoms with Crippen LogP contribution in [0.3, 0.4) is 0 Å². The minimum Gasteiger partial charge on any atom is -0.325 e. The molecule has 0 radical (unpaired) electrons. The number of aromatic nitrogens is 3. The molecule has 0 N–H and O–H groups in total. The summed E-state index contributed by atoms with van der Waals surface area (Å²) in [7, 11) is 0. The second-order valence-corrected chi connectivity index (χ2v) is 3.57. The van der Waals surface area contributed by atoms with Gasteiger partial charge in [-0.15, -0.1) is 0 Å². The minimum atomic E-state index is -2.38. The fourth-order valence-corrected chi connectivity index (χ4v) is 1.53. The fourth-order valence-electron chi connectivity index (χ4n) is 1.23. The maximum atomic E-state index is 12.1. The minimum absolute atomic E-state index is 0.347. The standard InChI is InChI=1S/C8H6BrF2N3/c9-6-3-12-8-5(13-6)1-2-14(8)4-7(10)11/h1-3,7H,4H2. The third-order valence-electron chi connectivity index (χ3n) is 1.77. The zero-order chi connectivity index (χ0) is 10.1. The molecule has 0 aliphatic rings. The van der Waals surface area contributed by atoms with Crippen LogP contribution in [0.15, 0.2) is 23.1 Å². The number of rotatable bonds is 2. The summed E-state index contributed by atoms with van der Waals surface area (Å²) >= 11 is 3.16. The third-order valence-corrected chi connectivity index (χ3v) is 2.15. The average molecular weight is 262 g/mol. The van der Waals surface area contributed by atoms with E-state index in [4.69, 9.17) is 0 Å². The van der Waals surface area contributed by atoms with Crippen LogP contribution in [-0.2, 0) is 6.54 Å². The second kappa shape index (κ2) is 3.61. The molecule has 0 spiro atoms. The molecule has 6 heteroatoms. The smallest absolute Gasteiger partial charge is 0.256 e. The summed E-state index contributed by atoms with van der Waals surface area (Å²) in [5.41, 5.74) is 1.09. The lowest BCUT2D eigenvalue weighted by molar-refractivity contribution is 0.128. The number of fused-ring (bicyclic) bond motifs is 1. The van der Waals surface area contributed by atoms with E-state index in [1.165, 1.54) is 10.8 Å². The molecular formula is C8H6BrF2N3. The summed E-state index contributed by atoms with van der Waals surface area (Å²) in [6.07, 6.45) is 0.671. The van der Waals surface area contributed by atoms with Crippen LogP contribution in [0.5, 0.6) is 0 Å². The van der Waals surface area contributed by atoms with Gasteiger partial charge in [0.1, 0.15) is 10.1 Å². The van der Waals surface area contributed by atoms with E-state index >= 15 is 0 Å². The van der Waals surface area contributed by atoms with Gasteiger partial charge in [0, 0.05) is 6.20 Å². The van der Waals surface area contributed by atoms with E-state index < -0.39 is 6.43 Å². The molecule has 0 amide bonds. The predicted molar refractivity (Wildman–Crippen MR) is 51.2 cm³/mol. The summed E-state index contributed by atoms with van der Waals surface area (Å²) in [5.74, 6) is 0. The van der Waals surface area contributed by atoms with Crippen LogP contribution in [0.2, 0.25) is 0 Å². The van der Waals surface area contributed by atoms with Gasteiger partial charge < -0.3 is 4.57 Å². The number of alkyl halides is 2. The Balaban J connectivity index is 2.47. The van der Waals surface area contributed by atoms with Gasteiger partial charge in [-0.1, -0.05) is 0 Å². The molecule has 0 aliphatic heterocycles. The highest BCUT2D eigenvalue weighted by Gasteiger charge is 2.08. The molecule has 0 bridgehead atoms. The van der Waals surface area contributed by atoms with Crippen molar-refractivity contribution < 1.29 is 8.78 Å². The quantitative estimate of drug-likeness (QED) is 0.832. The fraction of sp³-hybridized carbons (Fsp3) is 0.250. The van der Waals surface area contributed by atoms with Crippen molar-refractivity contribution in [3.8, 4) is 0 Å². The number of hydrogen-bond acceptors (Lipinski definition) is 2. The first kappa shape index (κ1) is 9.51. The average Bonchev–Trinajstić information content (AvgIpc) is 2.47. The molecule has 0 saturated heterocycles. The van der Waals surface area contributed by atoms with E-state index in [-0.39, 0.29) is 6.54 Å². The van der Waals surface area contributed by atoms with Gasteiger partial charge in [0.15, 0.2) is 5.65 Å². The highest BCUT2D eigenvalue weighted by atomic mass is 79.9. The molecule has 2 heterocycles. The van der Waals surface area contributed by atoms with E-state index in [1.54, 1.807) is 12.3 Å². The van der Waals surface area contributed by atoms with Crippen molar-refractivity contribution in [3.05, 3.63) is 23.1 Å². The summed E-state index contributed by atoms with van der Waals surface area (Å²) in [6, 6.07) is 1.66. The lowest BCUT2D eigenvalue weighted by Crippen LogP contribution is -2.05. The van der Waals surface area contributed by atoms with E-state index in [1.807, 2.05) is 0 Å². The van der Waals surface area contributed by atoms with Crippen LogP contribution in [0, 0.1) is 0 Å². The summed E-state index contributed by atoms with van der Waals surface area (Å²) < 4.78 is 26.2. The van der Waals surface area contributed by atoms with Crippen molar-refractivity contribution in [2.75, 3.05) is 0 Å². The van der Waals surface area contributed by atoms with Crippen LogP contribution in [0.1, 0.15) is 0 Å². The Labute approximate surface area is 86.9 Å². The molecule has 3 nitrogen and oxygen atoms in total. The van der Waals surface area contributed by atoms with Crippen LogP contribution in [-0.4, -0.2) is 21.0 Å². The second-order valence-electron chi connectivity index (χ2n) is 2.76. The molecule has 0 fully saturated rings. The van der Waals surface area contributed by atoms with Gasteiger partial charge in [0.2, 0.25) is 0 Å². The molecule has 2 aromatic rings. The normalized spacial score (nSPS) is 11.4. The van der Waals surface area contributed by atoms with Crippen molar-refractivity contribution in [1.29, 1.82) is 0 Å². The van der Waals surface area contributed by atoms with Crippen molar-refractivity contribution >= 4 is 27.1 Å². The van der Waals surface area contributed by atoms with E-state index in [2.05, 4.69) is 25.9 Å². The Morgan fingerprint density at radius 3 is 3.00 bits per heavy atom. The predicted octanol–water partition coefficient (Wildman–Crippen LogP) is 2.46. The number of halogens is 3. The Bertz CT molecular complexity index is 455. The van der Waals surface area contributed by atoms with E-state index in [9.17, 15) is 8.78 Å². The monoisotopic (exact) mass is 261 g/mol. The SMILES string of the molecule is FC(F)Cn1ccc2nc(Br)cnc21. The summed E-state index contributed by atoms with van der Waals surface area (Å²) in [4.78, 5) is 8.11. The lowest BCUT2D eigenvalue weighted by atomic mass is 10.5. The Morgan fingerprint density at radius 2 is 2.29 bits per heavy atom. The highest BCUT2D eigenvalue weighted by Crippen LogP contribution is 2.15. The Kier molecular flexibility index (Phi) is 2.45. The van der Waals surface area contributed by atoms with Gasteiger partial charge in [-0.3, -0.25) is 0 Å². The molecular weight excluding hydrogens is 256 g/mol. The van der Waals surface area contributed by atoms with Crippen molar-refractivity contribution in [2.45, 2.75) is 13.0 Å². The first-order valence-electron chi connectivity index (χ1n) is 3.92. The zero-order valence-electron chi connectivity index (χ0n) is 6.99. The van der Waals surface area contributed by atoms with E-state index in [0.29, 0.717) is 15.8 Å². The zero-order valence-corrected chi connectivity index (χ0v) is 8.58. The molecule has 0 unspecified atom stereocenters. The van der Waals surface area contributed by atoms with Gasteiger partial charge in [-0.2, -0.15) is 0 Å². The molecule has 0 aromatic carbocycles. The molecule has 2 aromatic heterocycles. The number of nitrogens with zero attached hydrogens (tertiary/aromatic N) is 3. The summed E-state index contributed by atoms with van der Waals surface area (Å²) in [5, 5.41) is 0. The van der Waals surface area contributed by atoms with Crippen molar-refractivity contribution in [2.24, 2.45) is 0 Å².